The normalized spacial score (nSPS) is 10.4. The molecule has 0 N–H and O–H groups in total. The van der Waals surface area contributed by atoms with Crippen LogP contribution < -0.4 is 0 Å². The average molecular weight is 260 g/mol. The summed E-state index contributed by atoms with van der Waals surface area (Å²) in [6, 6.07) is 0. The van der Waals surface area contributed by atoms with Crippen molar-refractivity contribution in [3.05, 3.63) is 0 Å². The fourth-order valence-corrected chi connectivity index (χ4v) is 0.671. The van der Waals surface area contributed by atoms with Crippen LogP contribution in [-0.2, 0) is 28.7 Å². The minimum absolute atomic E-state index is 0.186. The van der Waals surface area contributed by atoms with Gasteiger partial charge in [-0.3, -0.25) is 9.59 Å². The molecule has 0 aromatic carbocycles. The second-order valence-electron chi connectivity index (χ2n) is 3.56. The Labute approximate surface area is 107 Å². The standard InChI is InChI=1S/2C6H10O3/c1-5(3-7)4-9-6(2)8;1-6(8)9-5-3-2-4-7/h3,5H,4H2,1-2H3;4H,2-3,5H2,1H3. The first-order chi connectivity index (χ1) is 8.43. The number of hydrogen-bond donors (Lipinski definition) is 0. The van der Waals surface area contributed by atoms with Crippen molar-refractivity contribution in [2.45, 2.75) is 33.6 Å². The maximum absolute atomic E-state index is 10.1. The molecule has 0 aromatic heterocycles. The number of carbonyl (C=O) groups excluding carboxylic acids is 4. The van der Waals surface area contributed by atoms with Crippen molar-refractivity contribution in [2.75, 3.05) is 13.2 Å². The van der Waals surface area contributed by atoms with Crippen LogP contribution in [0.1, 0.15) is 33.6 Å². The van der Waals surface area contributed by atoms with Gasteiger partial charge in [0.1, 0.15) is 19.2 Å². The van der Waals surface area contributed by atoms with Gasteiger partial charge < -0.3 is 19.1 Å². The summed E-state index contributed by atoms with van der Waals surface area (Å²) in [6.07, 6.45) is 2.66. The van der Waals surface area contributed by atoms with E-state index in [-0.39, 0.29) is 24.5 Å². The van der Waals surface area contributed by atoms with Gasteiger partial charge in [0, 0.05) is 26.2 Å². The van der Waals surface area contributed by atoms with Crippen LogP contribution in [0.5, 0.6) is 0 Å². The second-order valence-corrected chi connectivity index (χ2v) is 3.56. The van der Waals surface area contributed by atoms with Crippen molar-refractivity contribution >= 4 is 24.5 Å². The lowest BCUT2D eigenvalue weighted by Gasteiger charge is -2.01. The molecule has 6 nitrogen and oxygen atoms in total. The van der Waals surface area contributed by atoms with Crippen LogP contribution in [0.4, 0.5) is 0 Å². The van der Waals surface area contributed by atoms with E-state index in [2.05, 4.69) is 9.47 Å². The minimum atomic E-state index is -0.344. The quantitative estimate of drug-likeness (QED) is 0.384. The number of hydrogen-bond acceptors (Lipinski definition) is 6. The third kappa shape index (κ3) is 19.8. The Morgan fingerprint density at radius 2 is 1.67 bits per heavy atom. The Bertz CT molecular complexity index is 261. The Balaban J connectivity index is 0. The lowest BCUT2D eigenvalue weighted by atomic mass is 10.2. The zero-order valence-corrected chi connectivity index (χ0v) is 11.0. The highest BCUT2D eigenvalue weighted by molar-refractivity contribution is 5.66. The molecule has 0 saturated carbocycles. The van der Waals surface area contributed by atoms with Crippen molar-refractivity contribution in [1.82, 2.24) is 0 Å². The summed E-state index contributed by atoms with van der Waals surface area (Å²) in [5.41, 5.74) is 0. The molecule has 0 bridgehead atoms. The summed E-state index contributed by atoms with van der Waals surface area (Å²) in [6.45, 7) is 4.90. The van der Waals surface area contributed by atoms with Gasteiger partial charge in [-0.15, -0.1) is 0 Å². The van der Waals surface area contributed by atoms with Gasteiger partial charge in [-0.25, -0.2) is 0 Å². The third-order valence-corrected chi connectivity index (χ3v) is 1.55. The summed E-state index contributed by atoms with van der Waals surface area (Å²) in [5.74, 6) is -0.821. The SMILES string of the molecule is CC(=O)OCC(C)C=O.CC(=O)OCCCC=O. The molecule has 0 aliphatic carbocycles. The van der Waals surface area contributed by atoms with Gasteiger partial charge >= 0.3 is 11.9 Å². The number of unbranched alkanes of at least 4 members (excludes halogenated alkanes) is 1. The lowest BCUT2D eigenvalue weighted by molar-refractivity contribution is -0.143. The fourth-order valence-electron chi connectivity index (χ4n) is 0.671. The average Bonchev–Trinajstić information content (AvgIpc) is 2.32. The molecule has 0 aliphatic rings. The molecule has 6 heteroatoms. The summed E-state index contributed by atoms with van der Waals surface area (Å²) in [4.78, 5) is 39.9. The first-order valence-electron chi connectivity index (χ1n) is 5.59. The van der Waals surface area contributed by atoms with Crippen molar-refractivity contribution < 1.29 is 28.7 Å². The van der Waals surface area contributed by atoms with E-state index in [1.807, 2.05) is 0 Å². The topological polar surface area (TPSA) is 86.7 Å². The van der Waals surface area contributed by atoms with Gasteiger partial charge in [-0.1, -0.05) is 6.92 Å². The predicted molar refractivity (Wildman–Crippen MR) is 63.8 cm³/mol. The lowest BCUT2D eigenvalue weighted by Crippen LogP contribution is -2.09. The highest BCUT2D eigenvalue weighted by Gasteiger charge is 2.00. The van der Waals surface area contributed by atoms with E-state index in [0.29, 0.717) is 19.4 Å². The van der Waals surface area contributed by atoms with E-state index >= 15 is 0 Å². The highest BCUT2D eigenvalue weighted by atomic mass is 16.5. The molecule has 0 aliphatic heterocycles. The monoisotopic (exact) mass is 260 g/mol. The molecular weight excluding hydrogens is 240 g/mol. The van der Waals surface area contributed by atoms with Crippen LogP contribution in [0.15, 0.2) is 0 Å². The minimum Gasteiger partial charge on any atom is -0.466 e. The second kappa shape index (κ2) is 13.3. The van der Waals surface area contributed by atoms with Crippen molar-refractivity contribution in [3.63, 3.8) is 0 Å². The molecule has 1 atom stereocenters. The predicted octanol–water partition coefficient (Wildman–Crippen LogP) is 0.913. The summed E-state index contributed by atoms with van der Waals surface area (Å²) >= 11 is 0. The number of ether oxygens (including phenoxy) is 2. The molecule has 0 rings (SSSR count). The molecule has 0 heterocycles. The molecule has 0 fully saturated rings. The summed E-state index contributed by atoms with van der Waals surface area (Å²) in [5, 5.41) is 0. The molecule has 0 radical (unpaired) electrons. The summed E-state index contributed by atoms with van der Waals surface area (Å²) < 4.78 is 9.07. The van der Waals surface area contributed by atoms with Crippen molar-refractivity contribution in [2.24, 2.45) is 5.92 Å². The number of rotatable bonds is 7. The first kappa shape index (κ1) is 18.6. The Hall–Kier alpha value is -1.72. The fraction of sp³-hybridized carbons (Fsp3) is 0.667. The van der Waals surface area contributed by atoms with E-state index in [9.17, 15) is 19.2 Å². The highest BCUT2D eigenvalue weighted by Crippen LogP contribution is 1.89. The number of esters is 2. The van der Waals surface area contributed by atoms with Gasteiger partial charge in [0.25, 0.3) is 0 Å². The molecular formula is C12H20O6. The molecule has 1 unspecified atom stereocenters. The molecule has 104 valence electrons. The van der Waals surface area contributed by atoms with Gasteiger partial charge in [0.15, 0.2) is 0 Å². The van der Waals surface area contributed by atoms with Gasteiger partial charge in [-0.2, -0.15) is 0 Å². The Morgan fingerprint density at radius 3 is 2.06 bits per heavy atom. The van der Waals surface area contributed by atoms with Crippen LogP contribution in [0.3, 0.4) is 0 Å². The maximum Gasteiger partial charge on any atom is 0.302 e. The third-order valence-electron chi connectivity index (χ3n) is 1.55. The largest absolute Gasteiger partial charge is 0.466 e. The molecule has 0 spiro atoms. The zero-order chi connectivity index (χ0) is 14.4. The zero-order valence-electron chi connectivity index (χ0n) is 11.0. The molecule has 0 saturated heterocycles. The van der Waals surface area contributed by atoms with Crippen molar-refractivity contribution in [3.8, 4) is 0 Å². The Kier molecular flexibility index (Phi) is 13.8. The number of carbonyl (C=O) groups is 4. The molecule has 0 aromatic rings. The van der Waals surface area contributed by atoms with Crippen LogP contribution in [0, 0.1) is 5.92 Å². The van der Waals surface area contributed by atoms with E-state index in [0.717, 1.165) is 12.6 Å². The smallest absolute Gasteiger partial charge is 0.302 e. The van der Waals surface area contributed by atoms with Crippen LogP contribution in [-0.4, -0.2) is 37.7 Å². The van der Waals surface area contributed by atoms with E-state index in [1.165, 1.54) is 13.8 Å². The van der Waals surface area contributed by atoms with Gasteiger partial charge in [-0.05, 0) is 6.42 Å². The maximum atomic E-state index is 10.1. The summed E-state index contributed by atoms with van der Waals surface area (Å²) in [7, 11) is 0. The van der Waals surface area contributed by atoms with Crippen LogP contribution in [0.2, 0.25) is 0 Å². The van der Waals surface area contributed by atoms with Crippen LogP contribution >= 0.6 is 0 Å². The van der Waals surface area contributed by atoms with Crippen molar-refractivity contribution in [1.29, 1.82) is 0 Å². The van der Waals surface area contributed by atoms with E-state index in [1.54, 1.807) is 6.92 Å². The van der Waals surface area contributed by atoms with E-state index in [4.69, 9.17) is 0 Å². The Morgan fingerprint density at radius 1 is 1.11 bits per heavy atom. The first-order valence-corrected chi connectivity index (χ1v) is 5.59. The molecule has 18 heavy (non-hydrogen) atoms. The van der Waals surface area contributed by atoms with Gasteiger partial charge in [0.05, 0.1) is 6.61 Å². The molecule has 0 amide bonds. The van der Waals surface area contributed by atoms with E-state index < -0.39 is 0 Å². The van der Waals surface area contributed by atoms with Crippen LogP contribution in [0.25, 0.3) is 0 Å². The van der Waals surface area contributed by atoms with Gasteiger partial charge in [0.2, 0.25) is 0 Å². The number of aldehydes is 2.